The van der Waals surface area contributed by atoms with E-state index in [4.69, 9.17) is 4.42 Å². The van der Waals surface area contributed by atoms with Crippen LogP contribution in [-0.4, -0.2) is 29.3 Å². The largest absolute Gasteiger partial charge is 0.464 e. The fraction of sp³-hybridized carbons (Fsp3) is 0.571. The predicted octanol–water partition coefficient (Wildman–Crippen LogP) is 1.46. The van der Waals surface area contributed by atoms with Gasteiger partial charge in [0.25, 0.3) is 0 Å². The lowest BCUT2D eigenvalue weighted by Crippen LogP contribution is -2.47. The Hall–Kier alpha value is -1.78. The van der Waals surface area contributed by atoms with Crippen LogP contribution in [0.5, 0.6) is 0 Å². The predicted molar refractivity (Wildman–Crippen MR) is 70.2 cm³/mol. The molecule has 1 unspecified atom stereocenters. The quantitative estimate of drug-likeness (QED) is 0.899. The molecule has 1 atom stereocenters. The zero-order chi connectivity index (χ0) is 14.0. The second kappa shape index (κ2) is 5.47. The second-order valence-corrected chi connectivity index (χ2v) is 5.31. The van der Waals surface area contributed by atoms with Crippen molar-refractivity contribution in [1.29, 1.82) is 0 Å². The summed E-state index contributed by atoms with van der Waals surface area (Å²) < 4.78 is 5.50. The molecule has 1 aromatic rings. The van der Waals surface area contributed by atoms with E-state index < -0.39 is 6.04 Å². The Morgan fingerprint density at radius 3 is 2.74 bits per heavy atom. The average Bonchev–Trinajstić information content (AvgIpc) is 2.69. The second-order valence-electron chi connectivity index (χ2n) is 5.31. The minimum Gasteiger partial charge on any atom is -0.464 e. The molecule has 1 aliphatic heterocycles. The molecule has 2 heterocycles. The number of rotatable bonds is 3. The maximum Gasteiger partial charge on any atom is 0.245 e. The molecule has 0 aliphatic carbocycles. The molecule has 1 aromatic heterocycles. The van der Waals surface area contributed by atoms with Crippen LogP contribution in [0.4, 0.5) is 0 Å². The molecule has 0 bridgehead atoms. The summed E-state index contributed by atoms with van der Waals surface area (Å²) in [4.78, 5) is 25.7. The zero-order valence-corrected chi connectivity index (χ0v) is 11.6. The van der Waals surface area contributed by atoms with Crippen LogP contribution in [0, 0.1) is 12.8 Å². The van der Waals surface area contributed by atoms with Gasteiger partial charge in [-0.05, 0) is 25.0 Å². The summed E-state index contributed by atoms with van der Waals surface area (Å²) in [6.07, 6.45) is 0.342. The van der Waals surface area contributed by atoms with Crippen LogP contribution < -0.4 is 5.32 Å². The average molecular weight is 264 g/mol. The summed E-state index contributed by atoms with van der Waals surface area (Å²) in [5.41, 5.74) is 0. The van der Waals surface area contributed by atoms with E-state index in [1.54, 1.807) is 4.90 Å². The van der Waals surface area contributed by atoms with Crippen molar-refractivity contribution in [3.63, 3.8) is 0 Å². The Morgan fingerprint density at radius 1 is 1.42 bits per heavy atom. The number of carbonyl (C=O) groups is 2. The van der Waals surface area contributed by atoms with Crippen molar-refractivity contribution in [3.8, 4) is 0 Å². The number of hydrogen-bond donors (Lipinski definition) is 1. The van der Waals surface area contributed by atoms with Crippen LogP contribution >= 0.6 is 0 Å². The molecule has 1 fully saturated rings. The lowest BCUT2D eigenvalue weighted by Gasteiger charge is -2.25. The van der Waals surface area contributed by atoms with Gasteiger partial charge in [-0.15, -0.1) is 0 Å². The molecule has 104 valence electrons. The van der Waals surface area contributed by atoms with E-state index in [-0.39, 0.29) is 17.7 Å². The molecule has 1 N–H and O–H groups in total. The summed E-state index contributed by atoms with van der Waals surface area (Å²) in [5.74, 6) is 1.56. The van der Waals surface area contributed by atoms with Crippen molar-refractivity contribution >= 4 is 11.8 Å². The monoisotopic (exact) mass is 264 g/mol. The Bertz CT molecular complexity index is 479. The molecule has 0 radical (unpaired) electrons. The van der Waals surface area contributed by atoms with Crippen LogP contribution in [0.15, 0.2) is 16.5 Å². The number of amides is 2. The van der Waals surface area contributed by atoms with E-state index in [2.05, 4.69) is 5.32 Å². The van der Waals surface area contributed by atoms with Crippen molar-refractivity contribution in [1.82, 2.24) is 10.2 Å². The van der Waals surface area contributed by atoms with Gasteiger partial charge in [0.05, 0.1) is 6.54 Å². The van der Waals surface area contributed by atoms with E-state index in [9.17, 15) is 9.59 Å². The molecule has 5 nitrogen and oxygen atoms in total. The number of nitrogens with one attached hydrogen (secondary N) is 1. The third kappa shape index (κ3) is 3.16. The van der Waals surface area contributed by atoms with E-state index in [0.29, 0.717) is 19.5 Å². The van der Waals surface area contributed by atoms with Crippen LogP contribution in [0.1, 0.15) is 31.8 Å². The number of furan rings is 1. The highest BCUT2D eigenvalue weighted by atomic mass is 16.3. The van der Waals surface area contributed by atoms with Crippen molar-refractivity contribution in [3.05, 3.63) is 23.7 Å². The van der Waals surface area contributed by atoms with Gasteiger partial charge in [0.1, 0.15) is 17.6 Å². The van der Waals surface area contributed by atoms with Crippen molar-refractivity contribution in [2.75, 3.05) is 6.54 Å². The molecule has 0 aromatic carbocycles. The smallest absolute Gasteiger partial charge is 0.245 e. The molecule has 0 saturated carbocycles. The zero-order valence-electron chi connectivity index (χ0n) is 11.6. The SMILES string of the molecule is Cc1ccc(CN2CCC(=O)NC(C(C)C)C2=O)o1. The third-order valence-corrected chi connectivity index (χ3v) is 3.31. The van der Waals surface area contributed by atoms with E-state index in [0.717, 1.165) is 11.5 Å². The highest BCUT2D eigenvalue weighted by Gasteiger charge is 2.32. The molecule has 1 saturated heterocycles. The van der Waals surface area contributed by atoms with Crippen LogP contribution in [-0.2, 0) is 16.1 Å². The normalized spacial score (nSPS) is 20.6. The van der Waals surface area contributed by atoms with Gasteiger partial charge < -0.3 is 14.6 Å². The van der Waals surface area contributed by atoms with Gasteiger partial charge in [0.2, 0.25) is 11.8 Å². The Morgan fingerprint density at radius 2 is 2.16 bits per heavy atom. The lowest BCUT2D eigenvalue weighted by atomic mass is 10.0. The Kier molecular flexibility index (Phi) is 3.93. The van der Waals surface area contributed by atoms with E-state index in [1.807, 2.05) is 32.9 Å². The summed E-state index contributed by atoms with van der Waals surface area (Å²) >= 11 is 0. The summed E-state index contributed by atoms with van der Waals surface area (Å²) in [6.45, 7) is 6.60. The molecule has 2 amide bonds. The minimum absolute atomic E-state index is 0.0325. The highest BCUT2D eigenvalue weighted by molar-refractivity contribution is 5.90. The maximum atomic E-state index is 12.4. The Labute approximate surface area is 113 Å². The molecule has 1 aliphatic rings. The number of nitrogens with zero attached hydrogens (tertiary/aromatic N) is 1. The molecular formula is C14H20N2O3. The standard InChI is InChI=1S/C14H20N2O3/c1-9(2)13-14(18)16(7-6-12(17)15-13)8-11-5-4-10(3)19-11/h4-5,9,13H,6-8H2,1-3H3,(H,15,17). The van der Waals surface area contributed by atoms with Crippen LogP contribution in [0.25, 0.3) is 0 Å². The first-order valence-electron chi connectivity index (χ1n) is 6.61. The number of aryl methyl sites for hydroxylation is 1. The van der Waals surface area contributed by atoms with E-state index >= 15 is 0 Å². The number of hydrogen-bond acceptors (Lipinski definition) is 3. The first-order chi connectivity index (χ1) is 8.97. The minimum atomic E-state index is -0.439. The van der Waals surface area contributed by atoms with Gasteiger partial charge in [-0.3, -0.25) is 9.59 Å². The summed E-state index contributed by atoms with van der Waals surface area (Å²) in [7, 11) is 0. The first kappa shape index (κ1) is 13.6. The summed E-state index contributed by atoms with van der Waals surface area (Å²) in [6, 6.07) is 3.31. The van der Waals surface area contributed by atoms with Gasteiger partial charge in [-0.25, -0.2) is 0 Å². The van der Waals surface area contributed by atoms with Crippen molar-refractivity contribution < 1.29 is 14.0 Å². The highest BCUT2D eigenvalue weighted by Crippen LogP contribution is 2.15. The molecular weight excluding hydrogens is 244 g/mol. The molecule has 2 rings (SSSR count). The van der Waals surface area contributed by atoms with Crippen LogP contribution in [0.2, 0.25) is 0 Å². The fourth-order valence-corrected chi connectivity index (χ4v) is 2.22. The Balaban J connectivity index is 2.14. The summed E-state index contributed by atoms with van der Waals surface area (Å²) in [5, 5.41) is 2.79. The van der Waals surface area contributed by atoms with Crippen LogP contribution in [0.3, 0.4) is 0 Å². The topological polar surface area (TPSA) is 62.6 Å². The lowest BCUT2D eigenvalue weighted by molar-refractivity contribution is -0.135. The van der Waals surface area contributed by atoms with Gasteiger partial charge in [0.15, 0.2) is 0 Å². The molecule has 19 heavy (non-hydrogen) atoms. The van der Waals surface area contributed by atoms with Gasteiger partial charge >= 0.3 is 0 Å². The van der Waals surface area contributed by atoms with Crippen molar-refractivity contribution in [2.45, 2.75) is 39.8 Å². The number of carbonyl (C=O) groups excluding carboxylic acids is 2. The fourth-order valence-electron chi connectivity index (χ4n) is 2.22. The van der Waals surface area contributed by atoms with Gasteiger partial charge in [-0.1, -0.05) is 13.8 Å². The van der Waals surface area contributed by atoms with Crippen molar-refractivity contribution in [2.24, 2.45) is 5.92 Å². The van der Waals surface area contributed by atoms with Gasteiger partial charge in [0, 0.05) is 13.0 Å². The maximum absolute atomic E-state index is 12.4. The van der Waals surface area contributed by atoms with E-state index in [1.165, 1.54) is 0 Å². The molecule has 0 spiro atoms. The van der Waals surface area contributed by atoms with Gasteiger partial charge in [-0.2, -0.15) is 0 Å². The molecule has 5 heteroatoms. The third-order valence-electron chi connectivity index (χ3n) is 3.31. The first-order valence-corrected chi connectivity index (χ1v) is 6.61.